The van der Waals surface area contributed by atoms with Crippen molar-refractivity contribution < 1.29 is 9.53 Å². The average molecular weight is 409 g/mol. The first kappa shape index (κ1) is 19.8. The molecule has 7 heteroatoms. The van der Waals surface area contributed by atoms with Gasteiger partial charge < -0.3 is 14.6 Å². The molecule has 3 heterocycles. The lowest BCUT2D eigenvalue weighted by atomic mass is 10.1. The zero-order valence-electron chi connectivity index (χ0n) is 17.3. The number of aromatic nitrogens is 3. The van der Waals surface area contributed by atoms with E-state index in [1.165, 1.54) is 0 Å². The van der Waals surface area contributed by atoms with Crippen LogP contribution in [-0.4, -0.2) is 35.1 Å². The van der Waals surface area contributed by atoms with Gasteiger partial charge in [0.25, 0.3) is 0 Å². The molecule has 0 aliphatic heterocycles. The third kappa shape index (κ3) is 4.91. The molecule has 1 N–H and O–H groups in total. The van der Waals surface area contributed by atoms with E-state index in [0.717, 1.165) is 47.7 Å². The lowest BCUT2D eigenvalue weighted by Gasteiger charge is -2.15. The molecule has 0 atom stereocenters. The molecule has 1 saturated carbocycles. The van der Waals surface area contributed by atoms with Crippen LogP contribution in [0.2, 0.25) is 25.7 Å². The minimum atomic E-state index is -1.13. The van der Waals surface area contributed by atoms with E-state index in [1.807, 2.05) is 28.8 Å². The number of nitrogens with zero attached hydrogens (tertiary/aromatic N) is 3. The van der Waals surface area contributed by atoms with Gasteiger partial charge >= 0.3 is 0 Å². The number of rotatable bonds is 8. The van der Waals surface area contributed by atoms with Crippen LogP contribution in [0.4, 0.5) is 5.82 Å². The van der Waals surface area contributed by atoms with Crippen molar-refractivity contribution in [3.05, 3.63) is 42.9 Å². The van der Waals surface area contributed by atoms with Crippen molar-refractivity contribution in [3.63, 3.8) is 0 Å². The molecule has 0 spiro atoms. The Kier molecular flexibility index (Phi) is 5.51. The van der Waals surface area contributed by atoms with E-state index in [2.05, 4.69) is 36.1 Å². The molecule has 3 aromatic heterocycles. The van der Waals surface area contributed by atoms with Crippen molar-refractivity contribution in [2.45, 2.75) is 45.3 Å². The third-order valence-corrected chi connectivity index (χ3v) is 6.84. The quantitative estimate of drug-likeness (QED) is 0.431. The Morgan fingerprint density at radius 1 is 1.21 bits per heavy atom. The lowest BCUT2D eigenvalue weighted by molar-refractivity contribution is -0.117. The van der Waals surface area contributed by atoms with Crippen molar-refractivity contribution in [2.24, 2.45) is 5.92 Å². The summed E-state index contributed by atoms with van der Waals surface area (Å²) in [4.78, 5) is 21.0. The summed E-state index contributed by atoms with van der Waals surface area (Å²) in [6.45, 7) is 8.23. The number of carbonyl (C=O) groups is 1. The lowest BCUT2D eigenvalue weighted by Crippen LogP contribution is -2.22. The van der Waals surface area contributed by atoms with Gasteiger partial charge in [0.2, 0.25) is 5.91 Å². The van der Waals surface area contributed by atoms with Crippen molar-refractivity contribution in [1.29, 1.82) is 0 Å². The summed E-state index contributed by atoms with van der Waals surface area (Å²) >= 11 is 0. The summed E-state index contributed by atoms with van der Waals surface area (Å²) in [6.07, 6.45) is 7.61. The van der Waals surface area contributed by atoms with Gasteiger partial charge in [-0.25, -0.2) is 4.98 Å². The molecule has 1 amide bonds. The molecule has 0 saturated heterocycles. The van der Waals surface area contributed by atoms with Crippen LogP contribution in [0.15, 0.2) is 42.9 Å². The summed E-state index contributed by atoms with van der Waals surface area (Å²) in [6, 6.07) is 9.02. The highest BCUT2D eigenvalue weighted by molar-refractivity contribution is 6.76. The zero-order chi connectivity index (χ0) is 20.4. The molecule has 29 heavy (non-hydrogen) atoms. The van der Waals surface area contributed by atoms with Gasteiger partial charge in [-0.2, -0.15) is 0 Å². The highest BCUT2D eigenvalue weighted by atomic mass is 28.3. The molecular weight excluding hydrogens is 380 g/mol. The molecule has 1 fully saturated rings. The molecule has 1 aliphatic carbocycles. The van der Waals surface area contributed by atoms with Crippen LogP contribution in [0.3, 0.4) is 0 Å². The summed E-state index contributed by atoms with van der Waals surface area (Å²) in [5, 5.41) is 3.99. The predicted octanol–water partition coefficient (Wildman–Crippen LogP) is 4.76. The summed E-state index contributed by atoms with van der Waals surface area (Å²) < 4.78 is 8.01. The number of pyridine rings is 2. The van der Waals surface area contributed by atoms with Gasteiger partial charge in [0.15, 0.2) is 0 Å². The summed E-state index contributed by atoms with van der Waals surface area (Å²) in [7, 11) is -1.13. The molecule has 4 rings (SSSR count). The fourth-order valence-corrected chi connectivity index (χ4v) is 3.97. The van der Waals surface area contributed by atoms with Gasteiger partial charge in [0.05, 0.1) is 0 Å². The standard InChI is InChI=1S/C22H28N4O2Si/c1-29(2,3)13-12-28-15-26-14-19(16-8-10-23-11-9-16)18-6-7-20(24-21(18)26)25-22(27)17-4-5-17/h6-11,14,17H,4-5,12-13,15H2,1-3H3,(H,24,25,27). The normalized spacial score (nSPS) is 14.3. The number of nitrogens with one attached hydrogen (secondary N) is 1. The van der Waals surface area contributed by atoms with E-state index in [9.17, 15) is 4.79 Å². The number of hydrogen-bond donors (Lipinski definition) is 1. The molecule has 6 nitrogen and oxygen atoms in total. The van der Waals surface area contributed by atoms with Crippen molar-refractivity contribution in [3.8, 4) is 11.1 Å². The Balaban J connectivity index is 1.62. The second-order valence-corrected chi connectivity index (χ2v) is 14.5. The Morgan fingerprint density at radius 3 is 2.66 bits per heavy atom. The minimum Gasteiger partial charge on any atom is -0.361 e. The molecule has 0 unspecified atom stereocenters. The van der Waals surface area contributed by atoms with Crippen molar-refractivity contribution in [2.75, 3.05) is 11.9 Å². The van der Waals surface area contributed by atoms with E-state index in [0.29, 0.717) is 12.5 Å². The average Bonchev–Trinajstić information content (AvgIpc) is 3.48. The maximum Gasteiger partial charge on any atom is 0.228 e. The number of hydrogen-bond acceptors (Lipinski definition) is 4. The molecule has 0 bridgehead atoms. The molecule has 1 aliphatic rings. The Morgan fingerprint density at radius 2 is 1.97 bits per heavy atom. The van der Waals surface area contributed by atoms with Crippen LogP contribution in [0, 0.1) is 5.92 Å². The van der Waals surface area contributed by atoms with Gasteiger partial charge in [-0.05, 0) is 48.7 Å². The minimum absolute atomic E-state index is 0.0655. The number of anilines is 1. The van der Waals surface area contributed by atoms with Crippen LogP contribution >= 0.6 is 0 Å². The maximum atomic E-state index is 12.1. The van der Waals surface area contributed by atoms with E-state index < -0.39 is 8.07 Å². The summed E-state index contributed by atoms with van der Waals surface area (Å²) in [5.74, 6) is 0.810. The van der Waals surface area contributed by atoms with Crippen LogP contribution in [0.1, 0.15) is 12.8 Å². The predicted molar refractivity (Wildman–Crippen MR) is 118 cm³/mol. The van der Waals surface area contributed by atoms with Gasteiger partial charge in [-0.1, -0.05) is 19.6 Å². The first-order chi connectivity index (χ1) is 13.9. The van der Waals surface area contributed by atoms with E-state index in [-0.39, 0.29) is 11.8 Å². The van der Waals surface area contributed by atoms with E-state index >= 15 is 0 Å². The third-order valence-electron chi connectivity index (χ3n) is 5.14. The zero-order valence-corrected chi connectivity index (χ0v) is 18.3. The maximum absolute atomic E-state index is 12.1. The van der Waals surface area contributed by atoms with Gasteiger partial charge in [0.1, 0.15) is 18.2 Å². The highest BCUT2D eigenvalue weighted by Gasteiger charge is 2.30. The van der Waals surface area contributed by atoms with Gasteiger partial charge in [-0.3, -0.25) is 9.78 Å². The van der Waals surface area contributed by atoms with Crippen molar-refractivity contribution >= 4 is 30.8 Å². The Hall–Kier alpha value is -2.51. The second-order valence-electron chi connectivity index (χ2n) is 8.93. The van der Waals surface area contributed by atoms with Crippen LogP contribution in [-0.2, 0) is 16.3 Å². The number of ether oxygens (including phenoxy) is 1. The first-order valence-electron chi connectivity index (χ1n) is 10.2. The van der Waals surface area contributed by atoms with Crippen LogP contribution in [0.25, 0.3) is 22.2 Å². The molecule has 0 radical (unpaired) electrons. The van der Waals surface area contributed by atoms with E-state index in [1.54, 1.807) is 12.4 Å². The molecular formula is C22H28N4O2Si. The van der Waals surface area contributed by atoms with Crippen LogP contribution < -0.4 is 5.32 Å². The van der Waals surface area contributed by atoms with E-state index in [4.69, 9.17) is 9.72 Å². The highest BCUT2D eigenvalue weighted by Crippen LogP contribution is 2.32. The monoisotopic (exact) mass is 408 g/mol. The smallest absolute Gasteiger partial charge is 0.228 e. The Labute approximate surface area is 172 Å². The van der Waals surface area contributed by atoms with Gasteiger partial charge in [-0.15, -0.1) is 0 Å². The second kappa shape index (κ2) is 8.08. The largest absolute Gasteiger partial charge is 0.361 e. The fraction of sp³-hybridized carbons (Fsp3) is 0.409. The SMILES string of the molecule is C[Si](C)(C)CCOCn1cc(-c2ccncc2)c2ccc(NC(=O)C3CC3)nc21. The van der Waals surface area contributed by atoms with Crippen molar-refractivity contribution in [1.82, 2.24) is 14.5 Å². The molecule has 152 valence electrons. The van der Waals surface area contributed by atoms with Gasteiger partial charge in [0, 0.05) is 50.1 Å². The number of amides is 1. The first-order valence-corrected chi connectivity index (χ1v) is 13.9. The molecule has 3 aromatic rings. The fourth-order valence-electron chi connectivity index (χ4n) is 3.21. The molecule has 0 aromatic carbocycles. The van der Waals surface area contributed by atoms with Crippen LogP contribution in [0.5, 0.6) is 0 Å². The summed E-state index contributed by atoms with van der Waals surface area (Å²) in [5.41, 5.74) is 2.99. The Bertz CT molecular complexity index is 1010. The number of fused-ring (bicyclic) bond motifs is 1. The number of carbonyl (C=O) groups excluding carboxylic acids is 1. The topological polar surface area (TPSA) is 69.0 Å².